The highest BCUT2D eigenvalue weighted by Crippen LogP contribution is 2.34. The predicted octanol–water partition coefficient (Wildman–Crippen LogP) is 2.84. The van der Waals surface area contributed by atoms with Crippen molar-refractivity contribution >= 4 is 71.1 Å². The summed E-state index contributed by atoms with van der Waals surface area (Å²) in [6, 6.07) is 9.07. The predicted molar refractivity (Wildman–Crippen MR) is 120 cm³/mol. The Kier molecular flexibility index (Phi) is 5.19. The summed E-state index contributed by atoms with van der Waals surface area (Å²) in [5, 5.41) is 14.1. The van der Waals surface area contributed by atoms with E-state index in [1.807, 2.05) is 6.07 Å². The fourth-order valence-corrected chi connectivity index (χ4v) is 5.43. The number of sulfonamides is 1. The van der Waals surface area contributed by atoms with Crippen LogP contribution in [0.1, 0.15) is 15.2 Å². The number of anilines is 4. The molecule has 0 bridgehead atoms. The first kappa shape index (κ1) is 20.5. The van der Waals surface area contributed by atoms with Gasteiger partial charge in [-0.3, -0.25) is 9.52 Å². The molecular weight excluding hydrogens is 458 g/mol. The molecule has 13 heteroatoms. The highest BCUT2D eigenvalue weighted by molar-refractivity contribution is 7.93. The van der Waals surface area contributed by atoms with Crippen LogP contribution in [0, 0.1) is 11.3 Å². The fraction of sp³-hybridized carbons (Fsp3) is 0. The van der Waals surface area contributed by atoms with Crippen LogP contribution in [0.3, 0.4) is 0 Å². The standard InChI is InChI=1S/C18H13N7O3S3/c19-8-9-7-12-13(20)14(30-17(12)24-15(9)21)16(26)23-10-1-3-11(4-2-10)31(27,28)25-18-22-5-6-29-18/h1-7H,20H2,(H2,21,24)(H,22,25)(H,23,26). The van der Waals surface area contributed by atoms with Crippen LogP contribution in [0.4, 0.5) is 22.3 Å². The van der Waals surface area contributed by atoms with Crippen molar-refractivity contribution in [3.05, 3.63) is 52.3 Å². The van der Waals surface area contributed by atoms with Crippen molar-refractivity contribution in [1.29, 1.82) is 5.26 Å². The van der Waals surface area contributed by atoms with Gasteiger partial charge in [0.05, 0.1) is 16.1 Å². The van der Waals surface area contributed by atoms with E-state index in [1.165, 1.54) is 36.5 Å². The van der Waals surface area contributed by atoms with Gasteiger partial charge in [0.1, 0.15) is 21.6 Å². The number of amides is 1. The van der Waals surface area contributed by atoms with E-state index in [1.54, 1.807) is 5.38 Å². The Morgan fingerprint density at radius 2 is 1.94 bits per heavy atom. The van der Waals surface area contributed by atoms with Crippen molar-refractivity contribution in [2.24, 2.45) is 0 Å². The molecule has 10 nitrogen and oxygen atoms in total. The molecule has 0 saturated heterocycles. The van der Waals surface area contributed by atoms with Gasteiger partial charge < -0.3 is 16.8 Å². The minimum atomic E-state index is -3.79. The summed E-state index contributed by atoms with van der Waals surface area (Å²) in [6.45, 7) is 0. The molecule has 3 heterocycles. The van der Waals surface area contributed by atoms with Gasteiger partial charge in [0.15, 0.2) is 5.13 Å². The highest BCUT2D eigenvalue weighted by Gasteiger charge is 2.20. The quantitative estimate of drug-likeness (QED) is 0.343. The van der Waals surface area contributed by atoms with Crippen LogP contribution in [0.5, 0.6) is 0 Å². The molecule has 3 aromatic heterocycles. The van der Waals surface area contributed by atoms with Crippen LogP contribution < -0.4 is 21.5 Å². The summed E-state index contributed by atoms with van der Waals surface area (Å²) < 4.78 is 27.2. The Morgan fingerprint density at radius 1 is 1.19 bits per heavy atom. The smallest absolute Gasteiger partial charge is 0.267 e. The summed E-state index contributed by atoms with van der Waals surface area (Å²) in [6.07, 6.45) is 1.49. The van der Waals surface area contributed by atoms with Gasteiger partial charge in [0, 0.05) is 22.7 Å². The lowest BCUT2D eigenvalue weighted by Gasteiger charge is -2.07. The van der Waals surface area contributed by atoms with Crippen LogP contribution >= 0.6 is 22.7 Å². The molecule has 0 aliphatic carbocycles. The average Bonchev–Trinajstić information content (AvgIpc) is 3.35. The van der Waals surface area contributed by atoms with Gasteiger partial charge in [-0.2, -0.15) is 5.26 Å². The van der Waals surface area contributed by atoms with Gasteiger partial charge in [-0.1, -0.05) is 0 Å². The summed E-state index contributed by atoms with van der Waals surface area (Å²) >= 11 is 2.20. The van der Waals surface area contributed by atoms with Gasteiger partial charge in [-0.05, 0) is 30.3 Å². The number of aromatic nitrogens is 2. The van der Waals surface area contributed by atoms with E-state index >= 15 is 0 Å². The topological polar surface area (TPSA) is 177 Å². The number of fused-ring (bicyclic) bond motifs is 1. The second kappa shape index (κ2) is 7.84. The van der Waals surface area contributed by atoms with Crippen LogP contribution in [-0.2, 0) is 10.0 Å². The van der Waals surface area contributed by atoms with Crippen LogP contribution in [0.15, 0.2) is 46.8 Å². The van der Waals surface area contributed by atoms with Gasteiger partial charge >= 0.3 is 0 Å². The van der Waals surface area contributed by atoms with E-state index in [0.717, 1.165) is 22.7 Å². The molecule has 0 spiro atoms. The lowest BCUT2D eigenvalue weighted by Crippen LogP contribution is -2.14. The largest absolute Gasteiger partial charge is 0.397 e. The lowest BCUT2D eigenvalue weighted by molar-refractivity contribution is 0.103. The third-order valence-electron chi connectivity index (χ3n) is 4.15. The maximum absolute atomic E-state index is 12.7. The molecule has 156 valence electrons. The third kappa shape index (κ3) is 3.99. The van der Waals surface area contributed by atoms with Gasteiger partial charge in [-0.25, -0.2) is 18.4 Å². The maximum atomic E-state index is 12.7. The molecule has 6 N–H and O–H groups in total. The second-order valence-electron chi connectivity index (χ2n) is 6.15. The number of nitriles is 1. The summed E-state index contributed by atoms with van der Waals surface area (Å²) in [5.74, 6) is -0.430. The number of thiazole rings is 1. The zero-order valence-corrected chi connectivity index (χ0v) is 17.9. The number of nitrogens with two attached hydrogens (primary N) is 2. The highest BCUT2D eigenvalue weighted by atomic mass is 32.2. The van der Waals surface area contributed by atoms with Crippen LogP contribution in [0.2, 0.25) is 0 Å². The van der Waals surface area contributed by atoms with E-state index < -0.39 is 15.9 Å². The Bertz CT molecular complexity index is 1440. The number of carbonyl (C=O) groups excluding carboxylic acids is 1. The summed E-state index contributed by atoms with van der Waals surface area (Å²) in [5.41, 5.74) is 12.5. The number of nitrogens with one attached hydrogen (secondary N) is 2. The van der Waals surface area contributed by atoms with E-state index in [-0.39, 0.29) is 32.0 Å². The zero-order chi connectivity index (χ0) is 22.2. The maximum Gasteiger partial charge on any atom is 0.267 e. The Labute approximate surface area is 184 Å². The SMILES string of the molecule is N#Cc1cc2c(N)c(C(=O)Nc3ccc(S(=O)(=O)Nc4nccs4)cc3)sc2nc1N. The van der Waals surface area contributed by atoms with Crippen molar-refractivity contribution < 1.29 is 13.2 Å². The third-order valence-corrected chi connectivity index (χ3v) is 7.44. The molecule has 0 aliphatic rings. The van der Waals surface area contributed by atoms with Crippen molar-refractivity contribution in [2.75, 3.05) is 21.5 Å². The van der Waals surface area contributed by atoms with Crippen molar-refractivity contribution in [3.63, 3.8) is 0 Å². The lowest BCUT2D eigenvalue weighted by atomic mass is 10.2. The first-order valence-electron chi connectivity index (χ1n) is 8.51. The number of carbonyl (C=O) groups is 1. The Balaban J connectivity index is 1.55. The molecule has 31 heavy (non-hydrogen) atoms. The van der Waals surface area contributed by atoms with E-state index in [0.29, 0.717) is 15.9 Å². The minimum absolute atomic E-state index is 0.0192. The summed E-state index contributed by atoms with van der Waals surface area (Å²) in [4.78, 5) is 21.4. The van der Waals surface area contributed by atoms with Gasteiger partial charge in [-0.15, -0.1) is 22.7 Å². The number of hydrogen-bond donors (Lipinski definition) is 4. The molecule has 0 aliphatic heterocycles. The van der Waals surface area contributed by atoms with E-state index in [9.17, 15) is 13.2 Å². The fourth-order valence-electron chi connectivity index (χ4n) is 2.67. The Morgan fingerprint density at radius 3 is 2.58 bits per heavy atom. The number of benzene rings is 1. The van der Waals surface area contributed by atoms with Crippen LogP contribution in [-0.4, -0.2) is 24.3 Å². The van der Waals surface area contributed by atoms with Crippen molar-refractivity contribution in [2.45, 2.75) is 4.90 Å². The van der Waals surface area contributed by atoms with Gasteiger partial charge in [0.25, 0.3) is 15.9 Å². The number of nitrogen functional groups attached to an aromatic ring is 2. The molecule has 0 atom stereocenters. The second-order valence-corrected chi connectivity index (χ2v) is 9.73. The monoisotopic (exact) mass is 471 g/mol. The molecule has 0 fully saturated rings. The number of nitrogens with zero attached hydrogens (tertiary/aromatic N) is 3. The molecule has 0 radical (unpaired) electrons. The molecular formula is C18H13N7O3S3. The zero-order valence-electron chi connectivity index (χ0n) is 15.5. The van der Waals surface area contributed by atoms with E-state index in [4.69, 9.17) is 16.7 Å². The van der Waals surface area contributed by atoms with Crippen molar-refractivity contribution in [1.82, 2.24) is 9.97 Å². The molecule has 1 amide bonds. The summed E-state index contributed by atoms with van der Waals surface area (Å²) in [7, 11) is -3.79. The number of thiophene rings is 1. The first-order valence-corrected chi connectivity index (χ1v) is 11.7. The average molecular weight is 472 g/mol. The van der Waals surface area contributed by atoms with Gasteiger partial charge in [0.2, 0.25) is 0 Å². The number of pyridine rings is 1. The molecule has 4 rings (SSSR count). The molecule has 4 aromatic rings. The minimum Gasteiger partial charge on any atom is -0.397 e. The molecule has 0 unspecified atom stereocenters. The molecule has 1 aromatic carbocycles. The normalized spacial score (nSPS) is 11.2. The van der Waals surface area contributed by atoms with Crippen molar-refractivity contribution in [3.8, 4) is 6.07 Å². The number of hydrogen-bond acceptors (Lipinski definition) is 10. The van der Waals surface area contributed by atoms with E-state index in [2.05, 4.69) is 20.0 Å². The first-order chi connectivity index (χ1) is 14.8. The van der Waals surface area contributed by atoms with Crippen LogP contribution in [0.25, 0.3) is 10.2 Å². The molecule has 0 saturated carbocycles. The number of rotatable bonds is 5. The Hall–Kier alpha value is -3.73.